The summed E-state index contributed by atoms with van der Waals surface area (Å²) in [4.78, 5) is 50.7. The molecule has 0 saturated carbocycles. The summed E-state index contributed by atoms with van der Waals surface area (Å²) in [5.74, 6) is -3.32. The van der Waals surface area contributed by atoms with Crippen LogP contribution in [0, 0.1) is 0 Å². The average Bonchev–Trinajstić information content (AvgIpc) is 2.64. The van der Waals surface area contributed by atoms with Crippen LogP contribution >= 0.6 is 25.3 Å². The zero-order chi connectivity index (χ0) is 21.7. The normalized spacial score (nSPS) is 13.5. The van der Waals surface area contributed by atoms with Gasteiger partial charge >= 0.3 is 5.97 Å². The minimum Gasteiger partial charge on any atom is -0.480 e. The summed E-state index contributed by atoms with van der Waals surface area (Å²) in [6.07, 6.45) is 0.559. The molecular weight excluding hydrogens is 410 g/mol. The summed E-state index contributed by atoms with van der Waals surface area (Å²) in [5, 5.41) is 15.9. The van der Waals surface area contributed by atoms with Crippen molar-refractivity contribution in [2.45, 2.75) is 31.0 Å². The first-order valence-corrected chi connectivity index (χ1v) is 9.51. The third-order valence-corrected chi connectivity index (χ3v) is 4.11. The second-order valence-electron chi connectivity index (χ2n) is 5.66. The van der Waals surface area contributed by atoms with E-state index >= 15 is 0 Å². The van der Waals surface area contributed by atoms with E-state index in [0.29, 0.717) is 6.42 Å². The number of aliphatic imine (C=N–C) groups is 1. The fourth-order valence-electron chi connectivity index (χ4n) is 1.86. The van der Waals surface area contributed by atoms with Gasteiger partial charge in [-0.15, -0.1) is 0 Å². The van der Waals surface area contributed by atoms with Crippen LogP contribution in [0.2, 0.25) is 0 Å². The number of nitrogens with zero attached hydrogens (tertiary/aromatic N) is 1. The summed E-state index contributed by atoms with van der Waals surface area (Å²) in [6.45, 7) is -0.237. The van der Waals surface area contributed by atoms with Crippen LogP contribution < -0.4 is 33.2 Å². The van der Waals surface area contributed by atoms with Crippen LogP contribution in [0.4, 0.5) is 0 Å². The molecule has 3 unspecified atom stereocenters. The molecule has 160 valence electrons. The molecule has 0 spiro atoms. The van der Waals surface area contributed by atoms with Crippen molar-refractivity contribution in [2.75, 3.05) is 24.6 Å². The SMILES string of the molecule is NC(N)=NCCCC(NC(=O)C(N)CS)C(=O)NCC(=O)NC(CS)C(=O)O. The van der Waals surface area contributed by atoms with Crippen molar-refractivity contribution in [1.29, 1.82) is 0 Å². The highest BCUT2D eigenvalue weighted by Gasteiger charge is 2.24. The smallest absolute Gasteiger partial charge is 0.327 e. The largest absolute Gasteiger partial charge is 0.480 e. The van der Waals surface area contributed by atoms with Crippen molar-refractivity contribution >= 4 is 54.9 Å². The molecule has 0 aromatic rings. The lowest BCUT2D eigenvalue weighted by atomic mass is 10.1. The number of nitrogens with two attached hydrogens (primary N) is 3. The maximum Gasteiger partial charge on any atom is 0.327 e. The van der Waals surface area contributed by atoms with Gasteiger partial charge in [0.15, 0.2) is 5.96 Å². The first kappa shape index (κ1) is 25.8. The van der Waals surface area contributed by atoms with Gasteiger partial charge in [-0.3, -0.25) is 19.4 Å². The molecule has 0 fully saturated rings. The van der Waals surface area contributed by atoms with Gasteiger partial charge in [-0.1, -0.05) is 0 Å². The van der Waals surface area contributed by atoms with E-state index in [1.807, 2.05) is 0 Å². The molecule has 3 amide bonds. The third-order valence-electron chi connectivity index (χ3n) is 3.35. The fourth-order valence-corrected chi connectivity index (χ4v) is 2.27. The van der Waals surface area contributed by atoms with E-state index in [1.54, 1.807) is 0 Å². The van der Waals surface area contributed by atoms with Crippen LogP contribution in [0.5, 0.6) is 0 Å². The van der Waals surface area contributed by atoms with Crippen molar-refractivity contribution < 1.29 is 24.3 Å². The van der Waals surface area contributed by atoms with Crippen molar-refractivity contribution in [3.63, 3.8) is 0 Å². The number of rotatable bonds is 13. The van der Waals surface area contributed by atoms with Gasteiger partial charge < -0.3 is 38.3 Å². The van der Waals surface area contributed by atoms with E-state index in [-0.39, 0.29) is 30.4 Å². The summed E-state index contributed by atoms with van der Waals surface area (Å²) >= 11 is 7.75. The second-order valence-corrected chi connectivity index (χ2v) is 6.39. The molecule has 12 nitrogen and oxygen atoms in total. The van der Waals surface area contributed by atoms with Crippen LogP contribution in [0.1, 0.15) is 12.8 Å². The summed E-state index contributed by atoms with van der Waals surface area (Å²) in [7, 11) is 0. The number of thiol groups is 2. The zero-order valence-corrected chi connectivity index (χ0v) is 16.9. The van der Waals surface area contributed by atoms with Crippen molar-refractivity contribution in [1.82, 2.24) is 16.0 Å². The van der Waals surface area contributed by atoms with Crippen molar-refractivity contribution in [3.05, 3.63) is 0 Å². The molecule has 28 heavy (non-hydrogen) atoms. The Balaban J connectivity index is 4.79. The first-order chi connectivity index (χ1) is 13.1. The van der Waals surface area contributed by atoms with Gasteiger partial charge in [-0.05, 0) is 12.8 Å². The van der Waals surface area contributed by atoms with E-state index in [0.717, 1.165) is 0 Å². The topological polar surface area (TPSA) is 215 Å². The Hall–Kier alpha value is -2.19. The predicted octanol–water partition coefficient (Wildman–Crippen LogP) is -3.60. The Bertz CT molecular complexity index is 586. The second kappa shape index (κ2) is 13.9. The number of guanidine groups is 1. The number of carboxylic acid groups (broad SMARTS) is 1. The Morgan fingerprint density at radius 2 is 1.64 bits per heavy atom. The maximum atomic E-state index is 12.3. The number of aliphatic carboxylic acids is 1. The lowest BCUT2D eigenvalue weighted by molar-refractivity contribution is -0.141. The van der Waals surface area contributed by atoms with E-state index in [1.165, 1.54) is 0 Å². The molecular formula is C14H27N7O5S2. The summed E-state index contributed by atoms with van der Waals surface area (Å²) in [6, 6.07) is -3.08. The number of carboxylic acids is 1. The summed E-state index contributed by atoms with van der Waals surface area (Å²) in [5.41, 5.74) is 16.0. The highest BCUT2D eigenvalue weighted by Crippen LogP contribution is 2.00. The molecule has 0 aliphatic heterocycles. The molecule has 0 aromatic heterocycles. The molecule has 0 radical (unpaired) electrons. The number of carbonyl (C=O) groups is 4. The molecule has 0 saturated heterocycles. The molecule has 3 atom stereocenters. The number of hydrogen-bond acceptors (Lipinski definition) is 8. The average molecular weight is 438 g/mol. The summed E-state index contributed by atoms with van der Waals surface area (Å²) < 4.78 is 0. The van der Waals surface area contributed by atoms with E-state index in [4.69, 9.17) is 22.3 Å². The van der Waals surface area contributed by atoms with Crippen LogP contribution in [-0.4, -0.2) is 77.5 Å². The lowest BCUT2D eigenvalue weighted by Gasteiger charge is -2.20. The molecule has 0 aliphatic carbocycles. The van der Waals surface area contributed by atoms with E-state index in [2.05, 4.69) is 46.2 Å². The standard InChI is InChI=1S/C14H27N7O5S2/c15-7(5-27)11(23)21-8(2-1-3-18-14(16)17)12(24)19-4-10(22)20-9(6-28)13(25)26/h7-9,27-28H,1-6,15H2,(H,19,24)(H,20,22)(H,21,23)(H,25,26)(H4,16,17,18). The van der Waals surface area contributed by atoms with Crippen LogP contribution in [0.15, 0.2) is 4.99 Å². The molecule has 0 aromatic carbocycles. The Morgan fingerprint density at radius 3 is 2.14 bits per heavy atom. The number of carbonyl (C=O) groups excluding carboxylic acids is 3. The number of amides is 3. The lowest BCUT2D eigenvalue weighted by Crippen LogP contribution is -2.54. The molecule has 0 heterocycles. The zero-order valence-electron chi connectivity index (χ0n) is 15.1. The van der Waals surface area contributed by atoms with Crippen LogP contribution in [-0.2, 0) is 19.2 Å². The van der Waals surface area contributed by atoms with Crippen molar-refractivity contribution in [2.24, 2.45) is 22.2 Å². The monoisotopic (exact) mass is 437 g/mol. The first-order valence-electron chi connectivity index (χ1n) is 8.25. The molecule has 0 aliphatic rings. The minimum absolute atomic E-state index is 0.0802. The maximum absolute atomic E-state index is 12.3. The molecule has 0 bridgehead atoms. The van der Waals surface area contributed by atoms with Gasteiger partial charge in [0.05, 0.1) is 12.6 Å². The fraction of sp³-hybridized carbons (Fsp3) is 0.643. The highest BCUT2D eigenvalue weighted by atomic mass is 32.1. The number of nitrogens with one attached hydrogen (secondary N) is 3. The van der Waals surface area contributed by atoms with Crippen LogP contribution in [0.3, 0.4) is 0 Å². The Kier molecular flexibility index (Phi) is 12.8. The van der Waals surface area contributed by atoms with Crippen LogP contribution in [0.25, 0.3) is 0 Å². The van der Waals surface area contributed by atoms with E-state index in [9.17, 15) is 19.2 Å². The number of hydrogen-bond donors (Lipinski definition) is 9. The highest BCUT2D eigenvalue weighted by molar-refractivity contribution is 7.80. The molecule has 14 heteroatoms. The molecule has 0 rings (SSSR count). The quantitative estimate of drug-likeness (QED) is 0.0605. The van der Waals surface area contributed by atoms with Gasteiger partial charge in [0, 0.05) is 18.1 Å². The van der Waals surface area contributed by atoms with Gasteiger partial charge in [-0.2, -0.15) is 25.3 Å². The minimum atomic E-state index is -1.25. The van der Waals surface area contributed by atoms with Gasteiger partial charge in [0.25, 0.3) is 0 Å². The van der Waals surface area contributed by atoms with Gasteiger partial charge in [0.2, 0.25) is 17.7 Å². The Labute approximate surface area is 173 Å². The van der Waals surface area contributed by atoms with Gasteiger partial charge in [0.1, 0.15) is 12.1 Å². The Morgan fingerprint density at radius 1 is 1.00 bits per heavy atom. The van der Waals surface area contributed by atoms with Gasteiger partial charge in [-0.25, -0.2) is 4.79 Å². The molecule has 10 N–H and O–H groups in total. The van der Waals surface area contributed by atoms with E-state index < -0.39 is 48.4 Å². The third kappa shape index (κ3) is 10.8. The van der Waals surface area contributed by atoms with Crippen molar-refractivity contribution in [3.8, 4) is 0 Å². The predicted molar refractivity (Wildman–Crippen MR) is 110 cm³/mol.